The van der Waals surface area contributed by atoms with Gasteiger partial charge in [-0.05, 0) is 37.0 Å². The molecule has 8 heteroatoms. The average molecular weight is 367 g/mol. The highest BCUT2D eigenvalue weighted by molar-refractivity contribution is 5.94. The molecule has 0 radical (unpaired) electrons. The fourth-order valence-corrected chi connectivity index (χ4v) is 3.01. The Kier molecular flexibility index (Phi) is 5.75. The lowest BCUT2D eigenvalue weighted by atomic mass is 9.98. The maximum absolute atomic E-state index is 11.9. The molecule has 2 heterocycles. The number of nitrogens with zero attached hydrogens (tertiary/aromatic N) is 4. The Morgan fingerprint density at radius 2 is 2.15 bits per heavy atom. The minimum atomic E-state index is -0.395. The lowest BCUT2D eigenvalue weighted by Gasteiger charge is -2.31. The number of nitro benzene ring substituents is 1. The average Bonchev–Trinajstić information content (AvgIpc) is 2.69. The molecule has 8 nitrogen and oxygen atoms in total. The molecule has 140 valence electrons. The first kappa shape index (κ1) is 18.5. The van der Waals surface area contributed by atoms with E-state index in [4.69, 9.17) is 0 Å². The van der Waals surface area contributed by atoms with E-state index in [2.05, 4.69) is 27.3 Å². The number of hydrogen-bond donors (Lipinski definition) is 1. The fraction of sp³-hybridized carbons (Fsp3) is 0.316. The number of piperidine rings is 1. The van der Waals surface area contributed by atoms with Gasteiger partial charge in [0.15, 0.2) is 0 Å². The van der Waals surface area contributed by atoms with Crippen molar-refractivity contribution in [2.45, 2.75) is 19.8 Å². The van der Waals surface area contributed by atoms with Crippen LogP contribution >= 0.6 is 0 Å². The molecule has 1 aliphatic heterocycles. The van der Waals surface area contributed by atoms with Crippen LogP contribution in [0.25, 0.3) is 0 Å². The largest absolute Gasteiger partial charge is 0.366 e. The predicted octanol–water partition coefficient (Wildman–Crippen LogP) is 2.99. The molecule has 0 bridgehead atoms. The van der Waals surface area contributed by atoms with E-state index >= 15 is 0 Å². The van der Waals surface area contributed by atoms with Gasteiger partial charge in [-0.15, -0.1) is 0 Å². The molecule has 27 heavy (non-hydrogen) atoms. The smallest absolute Gasteiger partial charge is 0.293 e. The minimum Gasteiger partial charge on any atom is -0.366 e. The number of carbonyl (C=O) groups is 1. The lowest BCUT2D eigenvalue weighted by Crippen LogP contribution is -2.33. The summed E-state index contributed by atoms with van der Waals surface area (Å²) in [7, 11) is 0. The van der Waals surface area contributed by atoms with E-state index in [-0.39, 0.29) is 10.6 Å². The summed E-state index contributed by atoms with van der Waals surface area (Å²) >= 11 is 0. The van der Waals surface area contributed by atoms with Crippen molar-refractivity contribution in [2.75, 3.05) is 18.0 Å². The van der Waals surface area contributed by atoms with Crippen LogP contribution in [-0.4, -0.2) is 35.1 Å². The zero-order valence-electron chi connectivity index (χ0n) is 15.0. The number of hydrazone groups is 1. The molecule has 0 saturated carbocycles. The number of amides is 1. The number of rotatable bonds is 5. The van der Waals surface area contributed by atoms with Crippen molar-refractivity contribution in [1.29, 1.82) is 0 Å². The third-order valence-corrected chi connectivity index (χ3v) is 4.62. The number of nitro groups is 1. The van der Waals surface area contributed by atoms with Crippen molar-refractivity contribution < 1.29 is 9.72 Å². The van der Waals surface area contributed by atoms with Gasteiger partial charge in [0.05, 0.1) is 16.7 Å². The predicted molar refractivity (Wildman–Crippen MR) is 103 cm³/mol. The van der Waals surface area contributed by atoms with Gasteiger partial charge in [-0.2, -0.15) is 5.10 Å². The van der Waals surface area contributed by atoms with Crippen molar-refractivity contribution in [3.8, 4) is 0 Å². The molecular formula is C19H21N5O3. The standard InChI is InChI=1S/C19H21N5O3/c1-14-6-9-23(10-7-14)17-5-4-15(11-18(17)24(26)27)12-21-22-19(25)16-3-2-8-20-13-16/h2-5,8,11-14H,6-7,9-10H2,1H3,(H,22,25)/b21-12-. The molecule has 1 aromatic carbocycles. The normalized spacial score (nSPS) is 15.1. The zero-order chi connectivity index (χ0) is 19.2. The molecule has 0 unspecified atom stereocenters. The molecule has 0 atom stereocenters. The first-order chi connectivity index (χ1) is 13.0. The van der Waals surface area contributed by atoms with Gasteiger partial charge in [0.1, 0.15) is 5.69 Å². The lowest BCUT2D eigenvalue weighted by molar-refractivity contribution is -0.384. The molecule has 0 aliphatic carbocycles. The van der Waals surface area contributed by atoms with Gasteiger partial charge in [0, 0.05) is 37.1 Å². The number of benzene rings is 1. The molecular weight excluding hydrogens is 346 g/mol. The quantitative estimate of drug-likeness (QED) is 0.497. The molecule has 3 rings (SSSR count). The molecule has 1 aromatic heterocycles. The molecule has 1 saturated heterocycles. The highest BCUT2D eigenvalue weighted by atomic mass is 16.6. The highest BCUT2D eigenvalue weighted by Crippen LogP contribution is 2.31. The Labute approximate surface area is 157 Å². The summed E-state index contributed by atoms with van der Waals surface area (Å²) in [6, 6.07) is 8.27. The Bertz CT molecular complexity index is 846. The number of aromatic nitrogens is 1. The SMILES string of the molecule is CC1CCN(c2ccc(/C=N\NC(=O)c3cccnc3)cc2[N+](=O)[O-])CC1. The second-order valence-corrected chi connectivity index (χ2v) is 6.62. The summed E-state index contributed by atoms with van der Waals surface area (Å²) in [5.74, 6) is 0.253. The third-order valence-electron chi connectivity index (χ3n) is 4.62. The van der Waals surface area contributed by atoms with E-state index < -0.39 is 5.91 Å². The maximum Gasteiger partial charge on any atom is 0.293 e. The number of hydrogen-bond acceptors (Lipinski definition) is 6. The Morgan fingerprint density at radius 1 is 1.37 bits per heavy atom. The number of carbonyl (C=O) groups excluding carboxylic acids is 1. The zero-order valence-corrected chi connectivity index (χ0v) is 15.0. The molecule has 1 aliphatic rings. The van der Waals surface area contributed by atoms with Crippen molar-refractivity contribution in [3.05, 3.63) is 64.0 Å². The fourth-order valence-electron chi connectivity index (χ4n) is 3.01. The van der Waals surface area contributed by atoms with Crippen LogP contribution in [0.4, 0.5) is 11.4 Å². The van der Waals surface area contributed by atoms with Crippen LogP contribution in [0, 0.1) is 16.0 Å². The Balaban J connectivity index is 1.72. The van der Waals surface area contributed by atoms with Gasteiger partial charge >= 0.3 is 0 Å². The Hall–Kier alpha value is -3.29. The van der Waals surface area contributed by atoms with E-state index in [1.807, 2.05) is 0 Å². The van der Waals surface area contributed by atoms with Gasteiger partial charge in [0.2, 0.25) is 0 Å². The first-order valence-electron chi connectivity index (χ1n) is 8.81. The van der Waals surface area contributed by atoms with Crippen LogP contribution in [0.5, 0.6) is 0 Å². The van der Waals surface area contributed by atoms with Crippen LogP contribution in [0.3, 0.4) is 0 Å². The topological polar surface area (TPSA) is 101 Å². The summed E-state index contributed by atoms with van der Waals surface area (Å²) in [6.07, 6.45) is 6.46. The number of anilines is 1. The molecule has 1 amide bonds. The first-order valence-corrected chi connectivity index (χ1v) is 8.81. The molecule has 2 aromatic rings. The number of nitrogens with one attached hydrogen (secondary N) is 1. The summed E-state index contributed by atoms with van der Waals surface area (Å²) in [6.45, 7) is 3.83. The molecule has 1 fully saturated rings. The van der Waals surface area contributed by atoms with Crippen molar-refractivity contribution >= 4 is 23.5 Å². The van der Waals surface area contributed by atoms with Gasteiger partial charge in [-0.1, -0.05) is 13.0 Å². The van der Waals surface area contributed by atoms with Crippen LogP contribution in [0.1, 0.15) is 35.7 Å². The minimum absolute atomic E-state index is 0.0482. The summed E-state index contributed by atoms with van der Waals surface area (Å²) in [5, 5.41) is 15.4. The van der Waals surface area contributed by atoms with Gasteiger partial charge in [-0.25, -0.2) is 5.43 Å². The van der Waals surface area contributed by atoms with Crippen molar-refractivity contribution in [2.24, 2.45) is 11.0 Å². The Morgan fingerprint density at radius 3 is 2.81 bits per heavy atom. The number of pyridine rings is 1. The van der Waals surface area contributed by atoms with Crippen LogP contribution < -0.4 is 10.3 Å². The van der Waals surface area contributed by atoms with Crippen LogP contribution in [-0.2, 0) is 0 Å². The maximum atomic E-state index is 11.9. The van der Waals surface area contributed by atoms with E-state index in [0.29, 0.717) is 22.7 Å². The van der Waals surface area contributed by atoms with Gasteiger partial charge < -0.3 is 4.90 Å². The van der Waals surface area contributed by atoms with E-state index in [1.165, 1.54) is 18.5 Å². The molecule has 1 N–H and O–H groups in total. The van der Waals surface area contributed by atoms with E-state index in [9.17, 15) is 14.9 Å². The third kappa shape index (κ3) is 4.66. The summed E-state index contributed by atoms with van der Waals surface area (Å²) < 4.78 is 0. The summed E-state index contributed by atoms with van der Waals surface area (Å²) in [5.41, 5.74) is 3.99. The second-order valence-electron chi connectivity index (χ2n) is 6.62. The molecule has 0 spiro atoms. The van der Waals surface area contributed by atoms with Crippen LogP contribution in [0.2, 0.25) is 0 Å². The monoisotopic (exact) mass is 367 g/mol. The van der Waals surface area contributed by atoms with Crippen LogP contribution in [0.15, 0.2) is 47.8 Å². The second kappa shape index (κ2) is 8.39. The highest BCUT2D eigenvalue weighted by Gasteiger charge is 2.23. The van der Waals surface area contributed by atoms with Gasteiger partial charge in [0.25, 0.3) is 11.6 Å². The van der Waals surface area contributed by atoms with Crippen molar-refractivity contribution in [3.63, 3.8) is 0 Å². The van der Waals surface area contributed by atoms with E-state index in [1.54, 1.807) is 30.5 Å². The van der Waals surface area contributed by atoms with Gasteiger partial charge in [-0.3, -0.25) is 19.9 Å². The van der Waals surface area contributed by atoms with Crippen molar-refractivity contribution in [1.82, 2.24) is 10.4 Å². The van der Waals surface area contributed by atoms with E-state index in [0.717, 1.165) is 25.9 Å². The summed E-state index contributed by atoms with van der Waals surface area (Å²) in [4.78, 5) is 29.0.